The van der Waals surface area contributed by atoms with Crippen LogP contribution in [0.15, 0.2) is 53.4 Å². The van der Waals surface area contributed by atoms with Gasteiger partial charge in [-0.05, 0) is 42.0 Å². The molecule has 0 aliphatic heterocycles. The van der Waals surface area contributed by atoms with Gasteiger partial charge >= 0.3 is 0 Å². The summed E-state index contributed by atoms with van der Waals surface area (Å²) >= 11 is 11.8. The van der Waals surface area contributed by atoms with E-state index in [4.69, 9.17) is 23.2 Å². The molecule has 0 unspecified atom stereocenters. The molecule has 2 aromatic carbocycles. The molecule has 0 aromatic heterocycles. The summed E-state index contributed by atoms with van der Waals surface area (Å²) in [5.41, 5.74) is 1.10. The lowest BCUT2D eigenvalue weighted by Crippen LogP contribution is -2.22. The molecule has 0 heterocycles. The summed E-state index contributed by atoms with van der Waals surface area (Å²) in [5.74, 6) is -0.398. The number of hydrogen-bond donors (Lipinski definition) is 1. The first-order chi connectivity index (χ1) is 11.7. The highest BCUT2D eigenvalue weighted by molar-refractivity contribution is 7.89. The maximum absolute atomic E-state index is 12.1. The largest absolute Gasteiger partial charge is 0.322 e. The van der Waals surface area contributed by atoms with Gasteiger partial charge in [0, 0.05) is 25.9 Å². The van der Waals surface area contributed by atoms with Crippen LogP contribution in [0.3, 0.4) is 0 Å². The lowest BCUT2D eigenvalue weighted by atomic mass is 10.2. The summed E-state index contributed by atoms with van der Waals surface area (Å²) in [6.45, 7) is 0. The average Bonchev–Trinajstić information content (AvgIpc) is 2.56. The Labute approximate surface area is 156 Å². The highest BCUT2D eigenvalue weighted by Gasteiger charge is 2.17. The average molecular weight is 399 g/mol. The third-order valence-electron chi connectivity index (χ3n) is 3.25. The molecule has 2 aromatic rings. The van der Waals surface area contributed by atoms with Crippen molar-refractivity contribution in [3.63, 3.8) is 0 Å². The van der Waals surface area contributed by atoms with Crippen molar-refractivity contribution in [1.29, 1.82) is 0 Å². The van der Waals surface area contributed by atoms with Gasteiger partial charge in [0.15, 0.2) is 0 Å². The Bertz CT molecular complexity index is 925. The van der Waals surface area contributed by atoms with Crippen LogP contribution in [0, 0.1) is 0 Å². The van der Waals surface area contributed by atoms with E-state index < -0.39 is 15.9 Å². The molecule has 0 saturated carbocycles. The number of nitrogens with one attached hydrogen (secondary N) is 1. The van der Waals surface area contributed by atoms with Crippen molar-refractivity contribution in [3.8, 4) is 0 Å². The summed E-state index contributed by atoms with van der Waals surface area (Å²) in [6.07, 6.45) is 2.91. The van der Waals surface area contributed by atoms with Gasteiger partial charge in [0.05, 0.1) is 14.9 Å². The molecule has 2 rings (SSSR count). The van der Waals surface area contributed by atoms with Crippen LogP contribution in [-0.2, 0) is 14.8 Å². The number of anilines is 1. The third-order valence-corrected chi connectivity index (χ3v) is 5.80. The minimum atomic E-state index is -3.56. The summed E-state index contributed by atoms with van der Waals surface area (Å²) in [5, 5.41) is 3.45. The number of carbonyl (C=O) groups excluding carboxylic acids is 1. The van der Waals surface area contributed by atoms with Crippen LogP contribution in [0.4, 0.5) is 5.69 Å². The van der Waals surface area contributed by atoms with E-state index in [1.165, 1.54) is 32.3 Å². The summed E-state index contributed by atoms with van der Waals surface area (Å²) in [6, 6.07) is 11.0. The molecule has 8 heteroatoms. The van der Waals surface area contributed by atoms with Crippen molar-refractivity contribution >= 4 is 50.9 Å². The standard InChI is InChI=1S/C17H16Cl2N2O3S/c1-21(2)25(23,24)14-5-3-4-13(11-14)20-17(22)9-7-12-6-8-15(18)16(19)10-12/h3-11H,1-2H3,(H,20,22)/b9-7+. The Hall–Kier alpha value is -1.86. The molecular formula is C17H16Cl2N2O3S. The molecule has 0 aliphatic rings. The number of rotatable bonds is 5. The predicted octanol–water partition coefficient (Wildman–Crippen LogP) is 3.90. The van der Waals surface area contributed by atoms with Gasteiger partial charge in [-0.3, -0.25) is 4.79 Å². The van der Waals surface area contributed by atoms with Gasteiger partial charge < -0.3 is 5.32 Å². The fraction of sp³-hybridized carbons (Fsp3) is 0.118. The van der Waals surface area contributed by atoms with Crippen LogP contribution >= 0.6 is 23.2 Å². The van der Waals surface area contributed by atoms with E-state index in [0.29, 0.717) is 21.3 Å². The molecule has 0 saturated heterocycles. The van der Waals surface area contributed by atoms with Crippen molar-refractivity contribution in [1.82, 2.24) is 4.31 Å². The van der Waals surface area contributed by atoms with Gasteiger partial charge in [-0.1, -0.05) is 35.3 Å². The summed E-state index contributed by atoms with van der Waals surface area (Å²) in [4.78, 5) is 12.1. The Morgan fingerprint density at radius 1 is 1.08 bits per heavy atom. The lowest BCUT2D eigenvalue weighted by molar-refractivity contribution is -0.111. The van der Waals surface area contributed by atoms with E-state index in [9.17, 15) is 13.2 Å². The maximum atomic E-state index is 12.1. The molecule has 0 spiro atoms. The van der Waals surface area contributed by atoms with E-state index >= 15 is 0 Å². The molecule has 132 valence electrons. The van der Waals surface area contributed by atoms with E-state index in [1.807, 2.05) is 0 Å². The van der Waals surface area contributed by atoms with Crippen LogP contribution < -0.4 is 5.32 Å². The zero-order valence-electron chi connectivity index (χ0n) is 13.5. The van der Waals surface area contributed by atoms with Crippen LogP contribution in [0.5, 0.6) is 0 Å². The van der Waals surface area contributed by atoms with E-state index in [-0.39, 0.29) is 4.90 Å². The number of halogens is 2. The molecule has 5 nitrogen and oxygen atoms in total. The monoisotopic (exact) mass is 398 g/mol. The molecule has 25 heavy (non-hydrogen) atoms. The normalized spacial score (nSPS) is 11.9. The Morgan fingerprint density at radius 3 is 2.44 bits per heavy atom. The quantitative estimate of drug-likeness (QED) is 0.776. The summed E-state index contributed by atoms with van der Waals surface area (Å²) < 4.78 is 25.3. The zero-order chi connectivity index (χ0) is 18.6. The topological polar surface area (TPSA) is 66.5 Å². The fourth-order valence-corrected chi connectivity index (χ4v) is 3.17. The molecule has 0 fully saturated rings. The first-order valence-corrected chi connectivity index (χ1v) is 9.36. The van der Waals surface area contributed by atoms with E-state index in [1.54, 1.807) is 36.4 Å². The smallest absolute Gasteiger partial charge is 0.248 e. The number of hydrogen-bond acceptors (Lipinski definition) is 3. The third kappa shape index (κ3) is 5.06. The van der Waals surface area contributed by atoms with E-state index in [0.717, 1.165) is 4.31 Å². The highest BCUT2D eigenvalue weighted by Crippen LogP contribution is 2.23. The second kappa shape index (κ2) is 8.01. The fourth-order valence-electron chi connectivity index (χ4n) is 1.92. The molecule has 0 bridgehead atoms. The molecule has 0 aliphatic carbocycles. The number of nitrogens with zero attached hydrogens (tertiary/aromatic N) is 1. The Morgan fingerprint density at radius 2 is 1.80 bits per heavy atom. The van der Waals surface area contributed by atoms with Crippen LogP contribution in [0.25, 0.3) is 6.08 Å². The molecule has 0 radical (unpaired) electrons. The van der Waals surface area contributed by atoms with Crippen molar-refractivity contribution in [2.45, 2.75) is 4.90 Å². The number of benzene rings is 2. The minimum absolute atomic E-state index is 0.101. The van der Waals surface area contributed by atoms with Gasteiger partial charge in [-0.2, -0.15) is 0 Å². The first-order valence-electron chi connectivity index (χ1n) is 7.17. The number of sulfonamides is 1. The van der Waals surface area contributed by atoms with Gasteiger partial charge in [0.25, 0.3) is 0 Å². The summed E-state index contributed by atoms with van der Waals surface area (Å²) in [7, 11) is -0.672. The lowest BCUT2D eigenvalue weighted by Gasteiger charge is -2.12. The SMILES string of the molecule is CN(C)S(=O)(=O)c1cccc(NC(=O)/C=C/c2ccc(Cl)c(Cl)c2)c1. The Kier molecular flexibility index (Phi) is 6.24. The highest BCUT2D eigenvalue weighted by atomic mass is 35.5. The van der Waals surface area contributed by atoms with Gasteiger partial charge in [0.1, 0.15) is 0 Å². The zero-order valence-corrected chi connectivity index (χ0v) is 15.9. The number of amides is 1. The minimum Gasteiger partial charge on any atom is -0.322 e. The second-order valence-corrected chi connectivity index (χ2v) is 8.28. The maximum Gasteiger partial charge on any atom is 0.248 e. The van der Waals surface area contributed by atoms with Gasteiger partial charge in [-0.15, -0.1) is 0 Å². The molecule has 0 atom stereocenters. The number of carbonyl (C=O) groups is 1. The van der Waals surface area contributed by atoms with E-state index in [2.05, 4.69) is 5.32 Å². The van der Waals surface area contributed by atoms with Gasteiger partial charge in [0.2, 0.25) is 15.9 Å². The molecule has 1 N–H and O–H groups in total. The van der Waals surface area contributed by atoms with Crippen LogP contribution in [-0.4, -0.2) is 32.7 Å². The molecule has 1 amide bonds. The van der Waals surface area contributed by atoms with Crippen LogP contribution in [0.2, 0.25) is 10.0 Å². The first kappa shape index (κ1) is 19.5. The van der Waals surface area contributed by atoms with Crippen molar-refractivity contribution < 1.29 is 13.2 Å². The second-order valence-electron chi connectivity index (χ2n) is 5.31. The van der Waals surface area contributed by atoms with Crippen molar-refractivity contribution in [3.05, 3.63) is 64.1 Å². The van der Waals surface area contributed by atoms with Crippen LogP contribution in [0.1, 0.15) is 5.56 Å². The predicted molar refractivity (Wildman–Crippen MR) is 101 cm³/mol. The van der Waals surface area contributed by atoms with Crippen molar-refractivity contribution in [2.75, 3.05) is 19.4 Å². The molecular weight excluding hydrogens is 383 g/mol. The Balaban J connectivity index is 2.13. The van der Waals surface area contributed by atoms with Gasteiger partial charge in [-0.25, -0.2) is 12.7 Å². The van der Waals surface area contributed by atoms with Crippen molar-refractivity contribution in [2.24, 2.45) is 0 Å².